The van der Waals surface area contributed by atoms with Gasteiger partial charge in [-0.15, -0.1) is 0 Å². The highest BCUT2D eigenvalue weighted by Crippen LogP contribution is 2.16. The van der Waals surface area contributed by atoms with Crippen LogP contribution in [0.4, 0.5) is 0 Å². The molecule has 0 aliphatic carbocycles. The maximum absolute atomic E-state index is 12.0. The first-order valence-corrected chi connectivity index (χ1v) is 6.34. The molecule has 0 aromatic rings. The summed E-state index contributed by atoms with van der Waals surface area (Å²) >= 11 is 0. The van der Waals surface area contributed by atoms with Crippen molar-refractivity contribution in [2.75, 3.05) is 33.2 Å². The van der Waals surface area contributed by atoms with Crippen molar-refractivity contribution in [2.45, 2.75) is 39.3 Å². The first kappa shape index (κ1) is 13.5. The van der Waals surface area contributed by atoms with E-state index in [1.54, 1.807) is 0 Å². The van der Waals surface area contributed by atoms with Crippen LogP contribution in [0.15, 0.2) is 0 Å². The third-order valence-corrected chi connectivity index (χ3v) is 3.61. The molecular weight excluding hydrogens is 202 g/mol. The van der Waals surface area contributed by atoms with Crippen molar-refractivity contribution in [3.8, 4) is 0 Å². The van der Waals surface area contributed by atoms with E-state index in [1.165, 1.54) is 0 Å². The standard InChI is InChI=1S/C12H25N3O/c1-5-14(6-2)11-7-8-15(9-11)12(16)10(3)13-4/h10-11,13H,5-9H2,1-4H3. The van der Waals surface area contributed by atoms with Gasteiger partial charge in [-0.3, -0.25) is 9.69 Å². The molecule has 0 spiro atoms. The fraction of sp³-hybridized carbons (Fsp3) is 0.917. The molecule has 0 bridgehead atoms. The summed E-state index contributed by atoms with van der Waals surface area (Å²) in [6, 6.07) is 0.499. The zero-order valence-corrected chi connectivity index (χ0v) is 11.0. The summed E-state index contributed by atoms with van der Waals surface area (Å²) in [4.78, 5) is 16.4. The number of nitrogens with one attached hydrogen (secondary N) is 1. The summed E-state index contributed by atoms with van der Waals surface area (Å²) in [6.45, 7) is 10.2. The van der Waals surface area contributed by atoms with E-state index in [9.17, 15) is 4.79 Å². The molecule has 1 amide bonds. The Balaban J connectivity index is 2.48. The van der Waals surface area contributed by atoms with Gasteiger partial charge in [-0.2, -0.15) is 0 Å². The van der Waals surface area contributed by atoms with E-state index in [2.05, 4.69) is 24.1 Å². The number of nitrogens with zero attached hydrogens (tertiary/aromatic N) is 2. The van der Waals surface area contributed by atoms with Gasteiger partial charge in [0, 0.05) is 19.1 Å². The molecule has 0 saturated carbocycles. The fourth-order valence-electron chi connectivity index (χ4n) is 2.38. The van der Waals surface area contributed by atoms with Crippen LogP contribution in [-0.2, 0) is 4.79 Å². The predicted octanol–water partition coefficient (Wildman–Crippen LogP) is 0.537. The summed E-state index contributed by atoms with van der Waals surface area (Å²) in [5.74, 6) is 0.233. The Bertz CT molecular complexity index is 228. The smallest absolute Gasteiger partial charge is 0.239 e. The number of likely N-dealkylation sites (N-methyl/N-ethyl adjacent to an activating group) is 2. The van der Waals surface area contributed by atoms with Crippen LogP contribution in [0.2, 0.25) is 0 Å². The quantitative estimate of drug-likeness (QED) is 0.744. The second-order valence-corrected chi connectivity index (χ2v) is 4.46. The predicted molar refractivity (Wildman–Crippen MR) is 66.4 cm³/mol. The molecule has 2 unspecified atom stereocenters. The molecule has 2 atom stereocenters. The SMILES string of the molecule is CCN(CC)C1CCN(C(=O)C(C)NC)C1. The lowest BCUT2D eigenvalue weighted by Crippen LogP contribution is -2.44. The van der Waals surface area contributed by atoms with Crippen molar-refractivity contribution in [2.24, 2.45) is 0 Å². The Hall–Kier alpha value is -0.610. The first-order chi connectivity index (χ1) is 7.63. The molecular formula is C12H25N3O. The van der Waals surface area contributed by atoms with E-state index in [0.717, 1.165) is 32.6 Å². The van der Waals surface area contributed by atoms with Gasteiger partial charge in [-0.05, 0) is 33.5 Å². The second kappa shape index (κ2) is 6.21. The molecule has 94 valence electrons. The maximum Gasteiger partial charge on any atom is 0.239 e. The van der Waals surface area contributed by atoms with Crippen LogP contribution in [0.1, 0.15) is 27.2 Å². The molecule has 0 aromatic heterocycles. The number of carbonyl (C=O) groups is 1. The normalized spacial score (nSPS) is 22.8. The first-order valence-electron chi connectivity index (χ1n) is 6.34. The monoisotopic (exact) mass is 227 g/mol. The van der Waals surface area contributed by atoms with Gasteiger partial charge in [0.15, 0.2) is 0 Å². The lowest BCUT2D eigenvalue weighted by atomic mass is 10.2. The van der Waals surface area contributed by atoms with Crippen LogP contribution in [0.25, 0.3) is 0 Å². The Morgan fingerprint density at radius 2 is 2.12 bits per heavy atom. The molecule has 16 heavy (non-hydrogen) atoms. The Morgan fingerprint density at radius 3 is 2.62 bits per heavy atom. The highest BCUT2D eigenvalue weighted by molar-refractivity contribution is 5.81. The van der Waals surface area contributed by atoms with Crippen molar-refractivity contribution in [3.05, 3.63) is 0 Å². The minimum atomic E-state index is -0.0598. The zero-order valence-electron chi connectivity index (χ0n) is 11.0. The van der Waals surface area contributed by atoms with Crippen molar-refractivity contribution < 1.29 is 4.79 Å². The molecule has 1 aliphatic rings. The average molecular weight is 227 g/mol. The van der Waals surface area contributed by atoms with Crippen LogP contribution in [-0.4, -0.2) is 61.0 Å². The topological polar surface area (TPSA) is 35.6 Å². The van der Waals surface area contributed by atoms with Gasteiger partial charge in [-0.25, -0.2) is 0 Å². The molecule has 1 N–H and O–H groups in total. The average Bonchev–Trinajstić information content (AvgIpc) is 2.78. The van der Waals surface area contributed by atoms with Gasteiger partial charge >= 0.3 is 0 Å². The lowest BCUT2D eigenvalue weighted by Gasteiger charge is -2.26. The minimum Gasteiger partial charge on any atom is -0.340 e. The van der Waals surface area contributed by atoms with Gasteiger partial charge in [0.25, 0.3) is 0 Å². The highest BCUT2D eigenvalue weighted by atomic mass is 16.2. The van der Waals surface area contributed by atoms with Gasteiger partial charge in [-0.1, -0.05) is 13.8 Å². The largest absolute Gasteiger partial charge is 0.340 e. The summed E-state index contributed by atoms with van der Waals surface area (Å²) in [5, 5.41) is 3.01. The Kier molecular flexibility index (Phi) is 5.22. The molecule has 1 fully saturated rings. The van der Waals surface area contributed by atoms with Gasteiger partial charge in [0.2, 0.25) is 5.91 Å². The molecule has 4 nitrogen and oxygen atoms in total. The second-order valence-electron chi connectivity index (χ2n) is 4.46. The van der Waals surface area contributed by atoms with Crippen LogP contribution in [0.5, 0.6) is 0 Å². The number of likely N-dealkylation sites (tertiary alicyclic amines) is 1. The number of amides is 1. The Labute approximate surface area is 99.0 Å². The molecule has 1 heterocycles. The van der Waals surface area contributed by atoms with Crippen molar-refractivity contribution in [1.82, 2.24) is 15.1 Å². The van der Waals surface area contributed by atoms with Gasteiger partial charge in [0.1, 0.15) is 0 Å². The van der Waals surface area contributed by atoms with Crippen LogP contribution in [0.3, 0.4) is 0 Å². The van der Waals surface area contributed by atoms with E-state index in [1.807, 2.05) is 18.9 Å². The molecule has 0 aromatic carbocycles. The highest BCUT2D eigenvalue weighted by Gasteiger charge is 2.30. The van der Waals surface area contributed by atoms with Crippen molar-refractivity contribution in [3.63, 3.8) is 0 Å². The molecule has 1 aliphatic heterocycles. The van der Waals surface area contributed by atoms with Gasteiger partial charge < -0.3 is 10.2 Å². The third kappa shape index (κ3) is 2.95. The summed E-state index contributed by atoms with van der Waals surface area (Å²) in [7, 11) is 1.83. The number of hydrogen-bond donors (Lipinski definition) is 1. The van der Waals surface area contributed by atoms with E-state index in [0.29, 0.717) is 6.04 Å². The van der Waals surface area contributed by atoms with Gasteiger partial charge in [0.05, 0.1) is 6.04 Å². The molecule has 0 radical (unpaired) electrons. The summed E-state index contributed by atoms with van der Waals surface area (Å²) in [5.41, 5.74) is 0. The number of carbonyl (C=O) groups excluding carboxylic acids is 1. The Morgan fingerprint density at radius 1 is 1.50 bits per heavy atom. The van der Waals surface area contributed by atoms with E-state index in [4.69, 9.17) is 0 Å². The summed E-state index contributed by atoms with van der Waals surface area (Å²) < 4.78 is 0. The number of rotatable bonds is 5. The molecule has 1 rings (SSSR count). The third-order valence-electron chi connectivity index (χ3n) is 3.61. The minimum absolute atomic E-state index is 0.0598. The van der Waals surface area contributed by atoms with E-state index in [-0.39, 0.29) is 11.9 Å². The van der Waals surface area contributed by atoms with E-state index >= 15 is 0 Å². The molecule has 1 saturated heterocycles. The maximum atomic E-state index is 12.0. The van der Waals surface area contributed by atoms with Crippen molar-refractivity contribution in [1.29, 1.82) is 0 Å². The van der Waals surface area contributed by atoms with Crippen molar-refractivity contribution >= 4 is 5.91 Å². The zero-order chi connectivity index (χ0) is 12.1. The van der Waals surface area contributed by atoms with E-state index < -0.39 is 0 Å². The van der Waals surface area contributed by atoms with Crippen LogP contribution >= 0.6 is 0 Å². The summed E-state index contributed by atoms with van der Waals surface area (Å²) in [6.07, 6.45) is 1.11. The number of hydrogen-bond acceptors (Lipinski definition) is 3. The van der Waals surface area contributed by atoms with Crippen LogP contribution in [0, 0.1) is 0 Å². The fourth-order valence-corrected chi connectivity index (χ4v) is 2.38. The molecule has 4 heteroatoms. The van der Waals surface area contributed by atoms with Crippen LogP contribution < -0.4 is 5.32 Å². The lowest BCUT2D eigenvalue weighted by molar-refractivity contribution is -0.132.